The Morgan fingerprint density at radius 3 is 2.58 bits per heavy atom. The van der Waals surface area contributed by atoms with Gasteiger partial charge in [0.1, 0.15) is 6.54 Å². The maximum absolute atomic E-state index is 13.1. The molecule has 2 amide bonds. The maximum Gasteiger partial charge on any atom is 0.242 e. The average Bonchev–Trinajstić information content (AvgIpc) is 3.15. The molecular formula is C25H29N3O2S. The van der Waals surface area contributed by atoms with E-state index in [-0.39, 0.29) is 11.8 Å². The summed E-state index contributed by atoms with van der Waals surface area (Å²) in [6, 6.07) is 16.3. The summed E-state index contributed by atoms with van der Waals surface area (Å²) < 4.78 is 2.01. The van der Waals surface area contributed by atoms with Crippen LogP contribution in [0.5, 0.6) is 0 Å². The Hall–Kier alpha value is -2.73. The van der Waals surface area contributed by atoms with Gasteiger partial charge in [-0.1, -0.05) is 36.4 Å². The Morgan fingerprint density at radius 1 is 1.03 bits per heavy atom. The predicted octanol–water partition coefficient (Wildman–Crippen LogP) is 4.58. The van der Waals surface area contributed by atoms with Crippen LogP contribution in [0.4, 0.5) is 5.69 Å². The van der Waals surface area contributed by atoms with Crippen molar-refractivity contribution in [2.75, 3.05) is 30.3 Å². The molecule has 0 bridgehead atoms. The van der Waals surface area contributed by atoms with E-state index in [1.165, 1.54) is 5.56 Å². The van der Waals surface area contributed by atoms with Gasteiger partial charge in [-0.05, 0) is 44.4 Å². The Kier molecular flexibility index (Phi) is 6.66. The van der Waals surface area contributed by atoms with E-state index in [4.69, 9.17) is 0 Å². The second kappa shape index (κ2) is 9.60. The summed E-state index contributed by atoms with van der Waals surface area (Å²) in [5, 5.41) is 1.09. The first-order valence-corrected chi connectivity index (χ1v) is 12.0. The minimum atomic E-state index is 0.114. The Balaban J connectivity index is 1.52. The van der Waals surface area contributed by atoms with E-state index in [1.54, 1.807) is 11.8 Å². The number of anilines is 1. The molecule has 2 heterocycles. The van der Waals surface area contributed by atoms with E-state index < -0.39 is 0 Å². The van der Waals surface area contributed by atoms with Gasteiger partial charge in [-0.2, -0.15) is 0 Å². The molecule has 1 aliphatic rings. The number of carbonyl (C=O) groups excluding carboxylic acids is 2. The smallest absolute Gasteiger partial charge is 0.242 e. The van der Waals surface area contributed by atoms with Crippen molar-refractivity contribution in [1.82, 2.24) is 9.47 Å². The molecular weight excluding hydrogens is 406 g/mol. The van der Waals surface area contributed by atoms with Gasteiger partial charge in [0.15, 0.2) is 0 Å². The number of rotatable bonds is 7. The molecule has 4 rings (SSSR count). The first-order valence-electron chi connectivity index (χ1n) is 11.0. The minimum absolute atomic E-state index is 0.114. The van der Waals surface area contributed by atoms with Crippen LogP contribution in [-0.2, 0) is 22.6 Å². The first-order chi connectivity index (χ1) is 15.1. The fourth-order valence-corrected chi connectivity index (χ4v) is 5.26. The van der Waals surface area contributed by atoms with Crippen LogP contribution in [0, 0.1) is 0 Å². The van der Waals surface area contributed by atoms with Crippen LogP contribution < -0.4 is 4.90 Å². The van der Waals surface area contributed by atoms with Crippen molar-refractivity contribution in [3.8, 4) is 0 Å². The third kappa shape index (κ3) is 4.49. The van der Waals surface area contributed by atoms with Gasteiger partial charge in [-0.25, -0.2) is 0 Å². The summed E-state index contributed by atoms with van der Waals surface area (Å²) >= 11 is 1.56. The zero-order valence-corrected chi connectivity index (χ0v) is 19.0. The van der Waals surface area contributed by atoms with Gasteiger partial charge in [-0.3, -0.25) is 9.59 Å². The lowest BCUT2D eigenvalue weighted by Gasteiger charge is -2.29. The highest BCUT2D eigenvalue weighted by Gasteiger charge is 2.23. The number of likely N-dealkylation sites (N-methyl/N-ethyl adjacent to an activating group) is 1. The summed E-state index contributed by atoms with van der Waals surface area (Å²) in [6.07, 6.45) is 4.05. The van der Waals surface area contributed by atoms with Crippen molar-refractivity contribution in [3.05, 3.63) is 60.3 Å². The Labute approximate surface area is 188 Å². The van der Waals surface area contributed by atoms with Crippen LogP contribution in [0.3, 0.4) is 0 Å². The van der Waals surface area contributed by atoms with Crippen molar-refractivity contribution in [2.24, 2.45) is 0 Å². The predicted molar refractivity (Wildman–Crippen MR) is 128 cm³/mol. The average molecular weight is 436 g/mol. The van der Waals surface area contributed by atoms with E-state index >= 15 is 0 Å². The quantitative estimate of drug-likeness (QED) is 0.510. The molecule has 1 aromatic heterocycles. The molecule has 5 nitrogen and oxygen atoms in total. The van der Waals surface area contributed by atoms with Crippen LogP contribution in [0.1, 0.15) is 25.8 Å². The zero-order chi connectivity index (χ0) is 21.8. The summed E-state index contributed by atoms with van der Waals surface area (Å²) in [6.45, 7) is 6.51. The van der Waals surface area contributed by atoms with Crippen molar-refractivity contribution in [3.63, 3.8) is 0 Å². The topological polar surface area (TPSA) is 45.6 Å². The van der Waals surface area contributed by atoms with Gasteiger partial charge >= 0.3 is 0 Å². The molecule has 0 fully saturated rings. The second-order valence-electron chi connectivity index (χ2n) is 7.77. The monoisotopic (exact) mass is 435 g/mol. The third-order valence-corrected chi connectivity index (χ3v) is 6.96. The van der Waals surface area contributed by atoms with E-state index in [1.807, 2.05) is 70.8 Å². The number of aromatic nitrogens is 1. The highest BCUT2D eigenvalue weighted by Crippen LogP contribution is 2.32. The molecule has 0 aliphatic carbocycles. The molecule has 0 saturated carbocycles. The lowest BCUT2D eigenvalue weighted by molar-refractivity contribution is -0.131. The van der Waals surface area contributed by atoms with E-state index in [9.17, 15) is 9.59 Å². The SMILES string of the molecule is CCN(CC)C(=O)Cn1cc(SCC(=O)N2CCCc3ccccc32)c2ccccc21. The standard InChI is InChI=1S/C25H29N3O2S/c1-3-26(4-2)24(29)17-27-16-23(20-12-6-8-14-22(20)27)31-18-25(30)28-15-9-11-19-10-5-7-13-21(19)28/h5-8,10,12-14,16H,3-4,9,11,15,17-18H2,1-2H3. The van der Waals surface area contributed by atoms with Gasteiger partial charge in [0.05, 0.1) is 5.75 Å². The van der Waals surface area contributed by atoms with E-state index in [0.717, 1.165) is 40.9 Å². The number of nitrogens with zero attached hydrogens (tertiary/aromatic N) is 3. The van der Waals surface area contributed by atoms with Crippen LogP contribution in [-0.4, -0.2) is 46.7 Å². The summed E-state index contributed by atoms with van der Waals surface area (Å²) in [5.74, 6) is 0.628. The normalized spacial score (nSPS) is 13.3. The molecule has 2 aromatic carbocycles. The number of hydrogen-bond donors (Lipinski definition) is 0. The van der Waals surface area contributed by atoms with E-state index in [0.29, 0.717) is 25.4 Å². The number of carbonyl (C=O) groups is 2. The molecule has 3 aromatic rings. The zero-order valence-electron chi connectivity index (χ0n) is 18.2. The largest absolute Gasteiger partial charge is 0.342 e. The van der Waals surface area contributed by atoms with Gasteiger partial charge in [-0.15, -0.1) is 11.8 Å². The fourth-order valence-electron chi connectivity index (χ4n) is 4.29. The van der Waals surface area contributed by atoms with Crippen molar-refractivity contribution >= 4 is 40.2 Å². The number of hydrogen-bond acceptors (Lipinski definition) is 3. The fraction of sp³-hybridized carbons (Fsp3) is 0.360. The second-order valence-corrected chi connectivity index (χ2v) is 8.79. The molecule has 0 atom stereocenters. The van der Waals surface area contributed by atoms with Crippen molar-refractivity contribution in [1.29, 1.82) is 0 Å². The van der Waals surface area contributed by atoms with Crippen LogP contribution in [0.25, 0.3) is 10.9 Å². The Morgan fingerprint density at radius 2 is 1.77 bits per heavy atom. The molecule has 0 N–H and O–H groups in total. The maximum atomic E-state index is 13.1. The first kappa shape index (κ1) is 21.5. The molecule has 0 unspecified atom stereocenters. The van der Waals surface area contributed by atoms with Gasteiger partial charge in [0.25, 0.3) is 0 Å². The number of thioether (sulfide) groups is 1. The number of benzene rings is 2. The lowest BCUT2D eigenvalue weighted by atomic mass is 10.0. The minimum Gasteiger partial charge on any atom is -0.342 e. The Bertz CT molecular complexity index is 1090. The highest BCUT2D eigenvalue weighted by atomic mass is 32.2. The number of aryl methyl sites for hydroxylation is 1. The van der Waals surface area contributed by atoms with Gasteiger partial charge in [0, 0.05) is 47.3 Å². The molecule has 0 spiro atoms. The molecule has 0 radical (unpaired) electrons. The molecule has 0 saturated heterocycles. The van der Waals surface area contributed by atoms with Crippen molar-refractivity contribution in [2.45, 2.75) is 38.1 Å². The highest BCUT2D eigenvalue weighted by molar-refractivity contribution is 8.00. The summed E-state index contributed by atoms with van der Waals surface area (Å²) in [4.78, 5) is 30.5. The van der Waals surface area contributed by atoms with Crippen LogP contribution in [0.15, 0.2) is 59.6 Å². The number of fused-ring (bicyclic) bond motifs is 2. The third-order valence-electron chi connectivity index (χ3n) is 5.94. The van der Waals surface area contributed by atoms with Gasteiger partial charge < -0.3 is 14.4 Å². The lowest BCUT2D eigenvalue weighted by Crippen LogP contribution is -2.36. The van der Waals surface area contributed by atoms with Gasteiger partial charge in [0.2, 0.25) is 11.8 Å². The molecule has 162 valence electrons. The number of amides is 2. The molecule has 1 aliphatic heterocycles. The van der Waals surface area contributed by atoms with Crippen LogP contribution >= 0.6 is 11.8 Å². The van der Waals surface area contributed by atoms with Crippen LogP contribution in [0.2, 0.25) is 0 Å². The van der Waals surface area contributed by atoms with Crippen molar-refractivity contribution < 1.29 is 9.59 Å². The number of para-hydroxylation sites is 2. The summed E-state index contributed by atoms with van der Waals surface area (Å²) in [5.41, 5.74) is 3.33. The van der Waals surface area contributed by atoms with E-state index in [2.05, 4.69) is 12.1 Å². The summed E-state index contributed by atoms with van der Waals surface area (Å²) in [7, 11) is 0. The molecule has 6 heteroatoms. The molecule has 31 heavy (non-hydrogen) atoms.